The predicted molar refractivity (Wildman–Crippen MR) is 64.1 cm³/mol. The van der Waals surface area contributed by atoms with Crippen LogP contribution >= 0.6 is 0 Å². The van der Waals surface area contributed by atoms with Gasteiger partial charge in [0.25, 0.3) is 0 Å². The number of amides is 1. The van der Waals surface area contributed by atoms with Gasteiger partial charge in [-0.15, -0.1) is 0 Å². The number of halogens is 1. The van der Waals surface area contributed by atoms with Crippen molar-refractivity contribution in [2.24, 2.45) is 5.73 Å². The molecule has 1 amide bonds. The lowest BCUT2D eigenvalue weighted by Crippen LogP contribution is -2.27. The van der Waals surface area contributed by atoms with Gasteiger partial charge in [0.1, 0.15) is 11.4 Å². The van der Waals surface area contributed by atoms with Crippen LogP contribution in [0.25, 0.3) is 0 Å². The van der Waals surface area contributed by atoms with Gasteiger partial charge in [-0.2, -0.15) is 0 Å². The SMILES string of the molecule is CC(C)(C)OC(=O)Nc1ccc(CN)c(F)c1. The van der Waals surface area contributed by atoms with Crippen molar-refractivity contribution in [1.29, 1.82) is 0 Å². The van der Waals surface area contributed by atoms with Gasteiger partial charge in [-0.3, -0.25) is 5.32 Å². The van der Waals surface area contributed by atoms with Crippen molar-refractivity contribution in [3.8, 4) is 0 Å². The Bertz CT molecular complexity index is 413. The zero-order valence-electron chi connectivity index (χ0n) is 10.2. The molecule has 17 heavy (non-hydrogen) atoms. The summed E-state index contributed by atoms with van der Waals surface area (Å²) in [5.74, 6) is -0.443. The molecule has 0 aliphatic rings. The molecule has 0 fully saturated rings. The third kappa shape index (κ3) is 4.40. The van der Waals surface area contributed by atoms with E-state index in [0.29, 0.717) is 11.3 Å². The van der Waals surface area contributed by atoms with Crippen LogP contribution in [0.3, 0.4) is 0 Å². The van der Waals surface area contributed by atoms with Crippen LogP contribution in [0.15, 0.2) is 18.2 Å². The molecule has 1 aromatic rings. The van der Waals surface area contributed by atoms with Gasteiger partial charge in [0.05, 0.1) is 0 Å². The molecule has 0 radical (unpaired) electrons. The number of hydrogen-bond acceptors (Lipinski definition) is 3. The molecule has 0 unspecified atom stereocenters. The topological polar surface area (TPSA) is 64.3 Å². The molecule has 0 heterocycles. The lowest BCUT2D eigenvalue weighted by Gasteiger charge is -2.19. The van der Waals surface area contributed by atoms with Crippen LogP contribution in [0.2, 0.25) is 0 Å². The highest BCUT2D eigenvalue weighted by atomic mass is 19.1. The molecule has 0 bridgehead atoms. The number of nitrogens with one attached hydrogen (secondary N) is 1. The van der Waals surface area contributed by atoms with Gasteiger partial charge < -0.3 is 10.5 Å². The predicted octanol–water partition coefficient (Wildman–Crippen LogP) is 2.63. The number of nitrogens with two attached hydrogens (primary N) is 1. The Morgan fingerprint density at radius 1 is 1.47 bits per heavy atom. The van der Waals surface area contributed by atoms with E-state index < -0.39 is 17.5 Å². The Hall–Kier alpha value is -1.62. The third-order valence-electron chi connectivity index (χ3n) is 1.92. The minimum absolute atomic E-state index is 0.124. The van der Waals surface area contributed by atoms with E-state index in [-0.39, 0.29) is 6.54 Å². The first kappa shape index (κ1) is 13.4. The highest BCUT2D eigenvalue weighted by Crippen LogP contribution is 2.15. The highest BCUT2D eigenvalue weighted by Gasteiger charge is 2.16. The van der Waals surface area contributed by atoms with Crippen LogP contribution in [0.1, 0.15) is 26.3 Å². The third-order valence-corrected chi connectivity index (χ3v) is 1.92. The molecule has 94 valence electrons. The van der Waals surface area contributed by atoms with E-state index in [1.807, 2.05) is 0 Å². The average Bonchev–Trinajstić information content (AvgIpc) is 2.14. The summed E-state index contributed by atoms with van der Waals surface area (Å²) in [6, 6.07) is 4.32. The summed E-state index contributed by atoms with van der Waals surface area (Å²) in [4.78, 5) is 11.4. The Balaban J connectivity index is 2.69. The Morgan fingerprint density at radius 3 is 2.59 bits per heavy atom. The summed E-state index contributed by atoms with van der Waals surface area (Å²) in [6.45, 7) is 5.39. The summed E-state index contributed by atoms with van der Waals surface area (Å²) in [6.07, 6.45) is -0.614. The van der Waals surface area contributed by atoms with Crippen molar-refractivity contribution in [2.75, 3.05) is 5.32 Å². The van der Waals surface area contributed by atoms with E-state index >= 15 is 0 Å². The average molecular weight is 240 g/mol. The number of carbonyl (C=O) groups excluding carboxylic acids is 1. The van der Waals surface area contributed by atoms with E-state index in [1.165, 1.54) is 12.1 Å². The molecule has 1 aromatic carbocycles. The van der Waals surface area contributed by atoms with Gasteiger partial charge in [0, 0.05) is 17.8 Å². The zero-order chi connectivity index (χ0) is 13.1. The first-order valence-electron chi connectivity index (χ1n) is 5.30. The maximum Gasteiger partial charge on any atom is 0.412 e. The minimum Gasteiger partial charge on any atom is -0.444 e. The van der Waals surface area contributed by atoms with Gasteiger partial charge in [-0.05, 0) is 32.9 Å². The second kappa shape index (κ2) is 5.14. The number of rotatable bonds is 2. The summed E-state index contributed by atoms with van der Waals surface area (Å²) >= 11 is 0. The number of benzene rings is 1. The lowest BCUT2D eigenvalue weighted by molar-refractivity contribution is 0.0636. The van der Waals surface area contributed by atoms with Crippen molar-refractivity contribution in [3.05, 3.63) is 29.6 Å². The fourth-order valence-electron chi connectivity index (χ4n) is 1.21. The van der Waals surface area contributed by atoms with Gasteiger partial charge >= 0.3 is 6.09 Å². The molecule has 0 atom stereocenters. The summed E-state index contributed by atoms with van der Waals surface area (Å²) in [7, 11) is 0. The summed E-state index contributed by atoms with van der Waals surface area (Å²) < 4.78 is 18.4. The Kier molecular flexibility index (Phi) is 4.07. The number of ether oxygens (including phenoxy) is 1. The van der Waals surface area contributed by atoms with Crippen molar-refractivity contribution in [1.82, 2.24) is 0 Å². The molecule has 0 spiro atoms. The highest BCUT2D eigenvalue weighted by molar-refractivity contribution is 5.84. The van der Waals surface area contributed by atoms with Gasteiger partial charge in [-0.1, -0.05) is 6.07 Å². The molecule has 0 aliphatic heterocycles. The van der Waals surface area contributed by atoms with Crippen molar-refractivity contribution < 1.29 is 13.9 Å². The first-order valence-corrected chi connectivity index (χ1v) is 5.30. The van der Waals surface area contributed by atoms with Gasteiger partial charge in [0.15, 0.2) is 0 Å². The monoisotopic (exact) mass is 240 g/mol. The molecule has 5 heteroatoms. The van der Waals surface area contributed by atoms with Crippen LogP contribution in [-0.2, 0) is 11.3 Å². The second-order valence-electron chi connectivity index (χ2n) is 4.64. The standard InChI is InChI=1S/C12H17FN2O2/c1-12(2,3)17-11(16)15-9-5-4-8(7-14)10(13)6-9/h4-6H,7,14H2,1-3H3,(H,15,16). The van der Waals surface area contributed by atoms with Crippen LogP contribution in [0.4, 0.5) is 14.9 Å². The molecule has 4 nitrogen and oxygen atoms in total. The van der Waals surface area contributed by atoms with Crippen LogP contribution in [-0.4, -0.2) is 11.7 Å². The molecule has 0 saturated heterocycles. The molecule has 0 aliphatic carbocycles. The smallest absolute Gasteiger partial charge is 0.412 e. The summed E-state index contributed by atoms with van der Waals surface area (Å²) in [5.41, 5.74) is 5.49. The number of hydrogen-bond donors (Lipinski definition) is 2. The van der Waals surface area contributed by atoms with E-state index in [0.717, 1.165) is 0 Å². The van der Waals surface area contributed by atoms with Crippen LogP contribution in [0, 0.1) is 5.82 Å². The van der Waals surface area contributed by atoms with Crippen molar-refractivity contribution in [2.45, 2.75) is 32.9 Å². The van der Waals surface area contributed by atoms with Crippen molar-refractivity contribution in [3.63, 3.8) is 0 Å². The van der Waals surface area contributed by atoms with Crippen molar-refractivity contribution >= 4 is 11.8 Å². The maximum absolute atomic E-state index is 13.4. The Morgan fingerprint density at radius 2 is 2.12 bits per heavy atom. The second-order valence-corrected chi connectivity index (χ2v) is 4.64. The molecular formula is C12H17FN2O2. The zero-order valence-corrected chi connectivity index (χ0v) is 10.2. The lowest BCUT2D eigenvalue weighted by atomic mass is 10.2. The van der Waals surface area contributed by atoms with Crippen LogP contribution in [0.5, 0.6) is 0 Å². The number of carbonyl (C=O) groups is 1. The molecule has 0 aromatic heterocycles. The molecule has 0 saturated carbocycles. The van der Waals surface area contributed by atoms with E-state index in [1.54, 1.807) is 26.8 Å². The fourth-order valence-corrected chi connectivity index (χ4v) is 1.21. The minimum atomic E-state index is -0.614. The number of anilines is 1. The quantitative estimate of drug-likeness (QED) is 0.835. The molecule has 3 N–H and O–H groups in total. The summed E-state index contributed by atoms with van der Waals surface area (Å²) in [5, 5.41) is 2.45. The Labute approximate surface area is 100.0 Å². The van der Waals surface area contributed by atoms with E-state index in [4.69, 9.17) is 10.5 Å². The maximum atomic E-state index is 13.4. The van der Waals surface area contributed by atoms with Crippen LogP contribution < -0.4 is 11.1 Å². The van der Waals surface area contributed by atoms with E-state index in [2.05, 4.69) is 5.32 Å². The first-order chi connectivity index (χ1) is 7.81. The largest absolute Gasteiger partial charge is 0.444 e. The molecular weight excluding hydrogens is 223 g/mol. The molecule has 1 rings (SSSR count). The fraction of sp³-hybridized carbons (Fsp3) is 0.417. The van der Waals surface area contributed by atoms with Gasteiger partial charge in [0.2, 0.25) is 0 Å². The van der Waals surface area contributed by atoms with Gasteiger partial charge in [-0.25, -0.2) is 9.18 Å². The normalized spacial score (nSPS) is 11.1. The van der Waals surface area contributed by atoms with E-state index in [9.17, 15) is 9.18 Å².